The number of fused-ring (bicyclic) bond motifs is 1. The topological polar surface area (TPSA) is 67.9 Å². The maximum atomic E-state index is 12.6. The molecule has 0 radical (unpaired) electrons. The molecule has 2 heterocycles. The third-order valence-corrected chi connectivity index (χ3v) is 2.21. The van der Waals surface area contributed by atoms with E-state index in [9.17, 15) is 18.0 Å². The molecule has 1 N–H and O–H groups in total. The number of H-pyrrole nitrogens is 1. The number of nitrogens with zero attached hydrogens (tertiary/aromatic N) is 2. The van der Waals surface area contributed by atoms with Gasteiger partial charge in [-0.3, -0.25) is 5.10 Å². The summed E-state index contributed by atoms with van der Waals surface area (Å²) in [5.74, 6) is -0.770. The van der Waals surface area contributed by atoms with Crippen LogP contribution < -0.4 is 0 Å². The quantitative estimate of drug-likeness (QED) is 0.839. The summed E-state index contributed by atoms with van der Waals surface area (Å²) in [6.45, 7) is 1.71. The molecule has 96 valence electrons. The molecule has 0 saturated heterocycles. The van der Waals surface area contributed by atoms with Crippen LogP contribution in [0.3, 0.4) is 0 Å². The Hall–Kier alpha value is -2.12. The summed E-state index contributed by atoms with van der Waals surface area (Å²) in [4.78, 5) is 15.1. The van der Waals surface area contributed by atoms with E-state index in [0.29, 0.717) is 0 Å². The van der Waals surface area contributed by atoms with Crippen molar-refractivity contribution in [2.75, 3.05) is 6.61 Å². The van der Waals surface area contributed by atoms with Crippen LogP contribution in [0.2, 0.25) is 0 Å². The monoisotopic (exact) mass is 259 g/mol. The van der Waals surface area contributed by atoms with Crippen LogP contribution in [0.4, 0.5) is 13.2 Å². The van der Waals surface area contributed by atoms with E-state index in [-0.39, 0.29) is 23.2 Å². The number of aromatic nitrogens is 3. The standard InChI is InChI=1S/C10H8F3N3O2/c1-2-18-9(17)6-3-5-7(4-14-6)15-16-8(5)10(11,12)13/h3-4H,2H2,1H3,(H,15,16). The number of pyridine rings is 1. The number of hydrogen-bond acceptors (Lipinski definition) is 4. The summed E-state index contributed by atoms with van der Waals surface area (Å²) in [5.41, 5.74) is -1.16. The molecule has 0 aromatic carbocycles. The van der Waals surface area contributed by atoms with Gasteiger partial charge >= 0.3 is 12.1 Å². The Morgan fingerprint density at radius 2 is 2.22 bits per heavy atom. The molecule has 0 aliphatic heterocycles. The van der Waals surface area contributed by atoms with Gasteiger partial charge in [0.05, 0.1) is 12.8 Å². The molecule has 8 heteroatoms. The summed E-state index contributed by atoms with van der Waals surface area (Å²) < 4.78 is 42.5. The van der Waals surface area contributed by atoms with Crippen molar-refractivity contribution < 1.29 is 22.7 Å². The molecule has 0 fully saturated rings. The molecule has 5 nitrogen and oxygen atoms in total. The van der Waals surface area contributed by atoms with Gasteiger partial charge in [0, 0.05) is 5.39 Å². The molecule has 0 unspecified atom stereocenters. The summed E-state index contributed by atoms with van der Waals surface area (Å²) in [7, 11) is 0. The number of ether oxygens (including phenoxy) is 1. The zero-order valence-electron chi connectivity index (χ0n) is 9.21. The first-order valence-corrected chi connectivity index (χ1v) is 5.02. The van der Waals surface area contributed by atoms with Gasteiger partial charge in [-0.25, -0.2) is 9.78 Å². The Morgan fingerprint density at radius 1 is 1.50 bits per heavy atom. The smallest absolute Gasteiger partial charge is 0.433 e. The van der Waals surface area contributed by atoms with Crippen molar-refractivity contribution in [3.8, 4) is 0 Å². The van der Waals surface area contributed by atoms with E-state index >= 15 is 0 Å². The Bertz CT molecular complexity index is 592. The molecule has 0 atom stereocenters. The molecule has 0 spiro atoms. The van der Waals surface area contributed by atoms with Crippen LogP contribution >= 0.6 is 0 Å². The van der Waals surface area contributed by atoms with Crippen molar-refractivity contribution >= 4 is 16.9 Å². The number of rotatable bonds is 2. The van der Waals surface area contributed by atoms with Gasteiger partial charge in [-0.2, -0.15) is 18.3 Å². The number of halogens is 3. The summed E-state index contributed by atoms with van der Waals surface area (Å²) in [6.07, 6.45) is -3.48. The van der Waals surface area contributed by atoms with Gasteiger partial charge in [-0.05, 0) is 13.0 Å². The highest BCUT2D eigenvalue weighted by molar-refractivity contribution is 5.92. The number of hydrogen-bond donors (Lipinski definition) is 1. The average molecular weight is 259 g/mol. The van der Waals surface area contributed by atoms with E-state index in [0.717, 1.165) is 12.3 Å². The van der Waals surface area contributed by atoms with Gasteiger partial charge in [0.25, 0.3) is 0 Å². The van der Waals surface area contributed by atoms with Crippen LogP contribution in [0.5, 0.6) is 0 Å². The van der Waals surface area contributed by atoms with Crippen LogP contribution in [0, 0.1) is 0 Å². The largest absolute Gasteiger partial charge is 0.461 e. The van der Waals surface area contributed by atoms with Crippen molar-refractivity contribution in [2.45, 2.75) is 13.1 Å². The lowest BCUT2D eigenvalue weighted by molar-refractivity contribution is -0.139. The highest BCUT2D eigenvalue weighted by atomic mass is 19.4. The van der Waals surface area contributed by atoms with E-state index in [2.05, 4.69) is 14.8 Å². The molecule has 0 aliphatic rings. The minimum absolute atomic E-state index is 0.0374. The molecule has 0 amide bonds. The van der Waals surface area contributed by atoms with Gasteiger partial charge in [-0.15, -0.1) is 0 Å². The highest BCUT2D eigenvalue weighted by Gasteiger charge is 2.35. The molecular formula is C10H8F3N3O2. The fraction of sp³-hybridized carbons (Fsp3) is 0.300. The summed E-state index contributed by atoms with van der Waals surface area (Å²) in [6, 6.07) is 1.01. The van der Waals surface area contributed by atoms with Gasteiger partial charge in [0.2, 0.25) is 0 Å². The fourth-order valence-corrected chi connectivity index (χ4v) is 1.45. The van der Waals surface area contributed by atoms with Crippen molar-refractivity contribution in [3.05, 3.63) is 23.7 Å². The second-order valence-corrected chi connectivity index (χ2v) is 3.40. The average Bonchev–Trinajstić information content (AvgIpc) is 2.71. The Balaban J connectivity index is 2.52. The third kappa shape index (κ3) is 2.13. The van der Waals surface area contributed by atoms with E-state index in [1.807, 2.05) is 5.10 Å². The fourth-order valence-electron chi connectivity index (χ4n) is 1.45. The van der Waals surface area contributed by atoms with E-state index < -0.39 is 17.8 Å². The van der Waals surface area contributed by atoms with Crippen molar-refractivity contribution in [1.82, 2.24) is 15.2 Å². The molecular weight excluding hydrogens is 251 g/mol. The van der Waals surface area contributed by atoms with Gasteiger partial charge in [0.15, 0.2) is 0 Å². The summed E-state index contributed by atoms with van der Waals surface area (Å²) >= 11 is 0. The number of carbonyl (C=O) groups excluding carboxylic acids is 1. The number of aromatic amines is 1. The van der Waals surface area contributed by atoms with E-state index in [4.69, 9.17) is 0 Å². The lowest BCUT2D eigenvalue weighted by Crippen LogP contribution is -2.08. The van der Waals surface area contributed by atoms with Crippen LogP contribution in [-0.2, 0) is 10.9 Å². The predicted octanol–water partition coefficient (Wildman–Crippen LogP) is 2.15. The number of esters is 1. The Morgan fingerprint density at radius 3 is 2.83 bits per heavy atom. The van der Waals surface area contributed by atoms with Crippen LogP contribution in [0.1, 0.15) is 23.1 Å². The van der Waals surface area contributed by atoms with E-state index in [1.165, 1.54) is 0 Å². The van der Waals surface area contributed by atoms with Gasteiger partial charge in [0.1, 0.15) is 16.9 Å². The van der Waals surface area contributed by atoms with Crippen molar-refractivity contribution in [3.63, 3.8) is 0 Å². The molecule has 0 bridgehead atoms. The normalized spacial score (nSPS) is 11.8. The number of alkyl halides is 3. The van der Waals surface area contributed by atoms with Crippen molar-refractivity contribution in [2.24, 2.45) is 0 Å². The molecule has 18 heavy (non-hydrogen) atoms. The van der Waals surface area contributed by atoms with Gasteiger partial charge < -0.3 is 4.74 Å². The van der Waals surface area contributed by atoms with E-state index in [1.54, 1.807) is 6.92 Å². The Labute approximate surface area is 99.0 Å². The zero-order chi connectivity index (χ0) is 13.3. The minimum Gasteiger partial charge on any atom is -0.461 e. The maximum absolute atomic E-state index is 12.6. The third-order valence-electron chi connectivity index (χ3n) is 2.21. The highest BCUT2D eigenvalue weighted by Crippen LogP contribution is 2.32. The molecule has 2 aromatic rings. The zero-order valence-corrected chi connectivity index (χ0v) is 9.21. The lowest BCUT2D eigenvalue weighted by atomic mass is 10.2. The second kappa shape index (κ2) is 4.28. The number of nitrogens with one attached hydrogen (secondary N) is 1. The molecule has 2 rings (SSSR count). The van der Waals surface area contributed by atoms with Crippen LogP contribution in [0.25, 0.3) is 10.9 Å². The number of carbonyl (C=O) groups is 1. The molecule has 0 saturated carbocycles. The predicted molar refractivity (Wildman–Crippen MR) is 54.8 cm³/mol. The van der Waals surface area contributed by atoms with Crippen molar-refractivity contribution in [1.29, 1.82) is 0 Å². The summed E-state index contributed by atoms with van der Waals surface area (Å²) in [5, 5.41) is 5.15. The molecule has 2 aromatic heterocycles. The first kappa shape index (κ1) is 12.3. The lowest BCUT2D eigenvalue weighted by Gasteiger charge is -2.04. The van der Waals surface area contributed by atoms with Crippen LogP contribution in [0.15, 0.2) is 12.3 Å². The first-order chi connectivity index (χ1) is 8.43. The second-order valence-electron chi connectivity index (χ2n) is 3.40. The molecule has 0 aliphatic carbocycles. The Kier molecular flexibility index (Phi) is 2.93. The first-order valence-electron chi connectivity index (χ1n) is 5.02. The maximum Gasteiger partial charge on any atom is 0.433 e. The van der Waals surface area contributed by atoms with Gasteiger partial charge in [-0.1, -0.05) is 0 Å². The van der Waals surface area contributed by atoms with Crippen LogP contribution in [-0.4, -0.2) is 27.8 Å². The SMILES string of the molecule is CCOC(=O)c1cc2c(C(F)(F)F)[nH]nc2cn1. The minimum atomic E-state index is -4.57.